The first-order valence-electron chi connectivity index (χ1n) is 4.88. The van der Waals surface area contributed by atoms with Gasteiger partial charge in [-0.15, -0.1) is 0 Å². The third-order valence-electron chi connectivity index (χ3n) is 2.49. The molecule has 14 heavy (non-hydrogen) atoms. The zero-order chi connectivity index (χ0) is 9.97. The lowest BCUT2D eigenvalue weighted by molar-refractivity contribution is 0.523. The number of nitrogens with one attached hydrogen (secondary N) is 1. The number of fused-ring (bicyclic) bond motifs is 1. The van der Waals surface area contributed by atoms with Crippen LogP contribution in [-0.4, -0.2) is 22.6 Å². The van der Waals surface area contributed by atoms with Gasteiger partial charge in [-0.05, 0) is 26.1 Å². The molecule has 0 saturated carbocycles. The Hall–Kier alpha value is -1.35. The minimum atomic E-state index is 0.465. The van der Waals surface area contributed by atoms with Crippen molar-refractivity contribution in [2.75, 3.05) is 7.05 Å². The van der Waals surface area contributed by atoms with Crippen molar-refractivity contribution >= 4 is 11.0 Å². The fourth-order valence-corrected chi connectivity index (χ4v) is 1.54. The molecule has 3 nitrogen and oxygen atoms in total. The molecule has 0 bridgehead atoms. The van der Waals surface area contributed by atoms with Crippen molar-refractivity contribution in [1.29, 1.82) is 0 Å². The van der Waals surface area contributed by atoms with Crippen molar-refractivity contribution in [3.8, 4) is 0 Å². The summed E-state index contributed by atoms with van der Waals surface area (Å²) >= 11 is 0. The third-order valence-corrected chi connectivity index (χ3v) is 2.49. The van der Waals surface area contributed by atoms with Crippen LogP contribution in [0.3, 0.4) is 0 Å². The molecule has 0 saturated heterocycles. The molecule has 1 aromatic carbocycles. The highest BCUT2D eigenvalue weighted by Crippen LogP contribution is 2.11. The lowest BCUT2D eigenvalue weighted by Crippen LogP contribution is -2.26. The van der Waals surface area contributed by atoms with Gasteiger partial charge in [-0.2, -0.15) is 0 Å². The third kappa shape index (κ3) is 1.63. The maximum atomic E-state index is 4.34. The van der Waals surface area contributed by atoms with Gasteiger partial charge in [-0.25, -0.2) is 4.98 Å². The molecular weight excluding hydrogens is 174 g/mol. The molecule has 2 rings (SSSR count). The van der Waals surface area contributed by atoms with Gasteiger partial charge in [-0.3, -0.25) is 0 Å². The summed E-state index contributed by atoms with van der Waals surface area (Å²) in [5, 5.41) is 3.22. The van der Waals surface area contributed by atoms with E-state index in [9.17, 15) is 0 Å². The van der Waals surface area contributed by atoms with Gasteiger partial charge in [0.25, 0.3) is 0 Å². The second-order valence-corrected chi connectivity index (χ2v) is 3.58. The van der Waals surface area contributed by atoms with Crippen LogP contribution < -0.4 is 5.32 Å². The molecule has 1 N–H and O–H groups in total. The van der Waals surface area contributed by atoms with E-state index in [1.165, 1.54) is 5.52 Å². The van der Waals surface area contributed by atoms with Gasteiger partial charge in [0, 0.05) is 12.6 Å². The second-order valence-electron chi connectivity index (χ2n) is 3.58. The van der Waals surface area contributed by atoms with Gasteiger partial charge in [0.05, 0.1) is 17.4 Å². The Morgan fingerprint density at radius 2 is 2.21 bits per heavy atom. The predicted molar refractivity (Wildman–Crippen MR) is 58.3 cm³/mol. The van der Waals surface area contributed by atoms with Crippen molar-refractivity contribution in [3.05, 3.63) is 30.6 Å². The average molecular weight is 189 g/mol. The summed E-state index contributed by atoms with van der Waals surface area (Å²) in [6, 6.07) is 8.67. The number of rotatable bonds is 3. The molecule has 0 fully saturated rings. The van der Waals surface area contributed by atoms with Crippen molar-refractivity contribution < 1.29 is 0 Å². The molecule has 0 aliphatic heterocycles. The van der Waals surface area contributed by atoms with Crippen molar-refractivity contribution in [2.45, 2.75) is 19.5 Å². The molecule has 1 aromatic heterocycles. The van der Waals surface area contributed by atoms with Gasteiger partial charge < -0.3 is 9.88 Å². The summed E-state index contributed by atoms with van der Waals surface area (Å²) < 4.78 is 2.18. The predicted octanol–water partition coefficient (Wildman–Crippen LogP) is 1.64. The summed E-state index contributed by atoms with van der Waals surface area (Å²) in [6.45, 7) is 3.12. The Bertz CT molecular complexity index is 419. The zero-order valence-corrected chi connectivity index (χ0v) is 8.57. The molecule has 0 radical (unpaired) electrons. The van der Waals surface area contributed by atoms with Gasteiger partial charge in [0.2, 0.25) is 0 Å². The molecule has 1 unspecified atom stereocenters. The highest BCUT2D eigenvalue weighted by Gasteiger charge is 2.03. The fourth-order valence-electron chi connectivity index (χ4n) is 1.54. The Morgan fingerprint density at radius 1 is 1.43 bits per heavy atom. The number of hydrogen-bond donors (Lipinski definition) is 1. The quantitative estimate of drug-likeness (QED) is 0.795. The molecule has 1 atom stereocenters. The number of hydrogen-bond acceptors (Lipinski definition) is 2. The van der Waals surface area contributed by atoms with Crippen LogP contribution >= 0.6 is 0 Å². The minimum Gasteiger partial charge on any atom is -0.329 e. The van der Waals surface area contributed by atoms with Crippen LogP contribution in [0, 0.1) is 0 Å². The van der Waals surface area contributed by atoms with E-state index in [2.05, 4.69) is 27.9 Å². The van der Waals surface area contributed by atoms with Gasteiger partial charge >= 0.3 is 0 Å². The minimum absolute atomic E-state index is 0.465. The Labute approximate surface area is 83.8 Å². The first-order valence-corrected chi connectivity index (χ1v) is 4.88. The maximum absolute atomic E-state index is 4.34. The monoisotopic (exact) mass is 189 g/mol. The van der Waals surface area contributed by atoms with Crippen molar-refractivity contribution in [3.63, 3.8) is 0 Å². The number of nitrogens with zero attached hydrogens (tertiary/aromatic N) is 2. The van der Waals surface area contributed by atoms with E-state index in [0.29, 0.717) is 6.04 Å². The Morgan fingerprint density at radius 3 is 3.00 bits per heavy atom. The normalized spacial score (nSPS) is 13.3. The van der Waals surface area contributed by atoms with E-state index in [-0.39, 0.29) is 0 Å². The van der Waals surface area contributed by atoms with E-state index in [0.717, 1.165) is 12.1 Å². The molecule has 0 amide bonds. The van der Waals surface area contributed by atoms with E-state index < -0.39 is 0 Å². The first kappa shape index (κ1) is 9.21. The van der Waals surface area contributed by atoms with E-state index >= 15 is 0 Å². The summed E-state index contributed by atoms with van der Waals surface area (Å²) in [5.74, 6) is 0. The maximum Gasteiger partial charge on any atom is 0.0958 e. The van der Waals surface area contributed by atoms with Gasteiger partial charge in [0.1, 0.15) is 0 Å². The topological polar surface area (TPSA) is 29.9 Å². The summed E-state index contributed by atoms with van der Waals surface area (Å²) in [5.41, 5.74) is 2.27. The number of likely N-dealkylation sites (N-methyl/N-ethyl adjacent to an activating group) is 1. The SMILES string of the molecule is CNC(C)Cn1cnc2ccccc21. The number of para-hydroxylation sites is 2. The van der Waals surface area contributed by atoms with Crippen LogP contribution in [0.4, 0.5) is 0 Å². The van der Waals surface area contributed by atoms with Crippen molar-refractivity contribution in [1.82, 2.24) is 14.9 Å². The molecule has 74 valence electrons. The molecule has 0 spiro atoms. The first-order chi connectivity index (χ1) is 6.81. The van der Waals surface area contributed by atoms with E-state index in [4.69, 9.17) is 0 Å². The smallest absolute Gasteiger partial charge is 0.0958 e. The Balaban J connectivity index is 2.33. The van der Waals surface area contributed by atoms with Gasteiger partial charge in [-0.1, -0.05) is 12.1 Å². The summed E-state index contributed by atoms with van der Waals surface area (Å²) in [4.78, 5) is 4.34. The molecule has 0 aliphatic carbocycles. The molecule has 3 heteroatoms. The number of imidazole rings is 1. The Kier molecular flexibility index (Phi) is 2.50. The average Bonchev–Trinajstić information content (AvgIpc) is 2.62. The van der Waals surface area contributed by atoms with Crippen LogP contribution in [0.1, 0.15) is 6.92 Å². The zero-order valence-electron chi connectivity index (χ0n) is 8.57. The fraction of sp³-hybridized carbons (Fsp3) is 0.364. The van der Waals surface area contributed by atoms with Crippen LogP contribution in [0.25, 0.3) is 11.0 Å². The molecule has 0 aliphatic rings. The molecular formula is C11H15N3. The number of benzene rings is 1. The van der Waals surface area contributed by atoms with Gasteiger partial charge in [0.15, 0.2) is 0 Å². The highest BCUT2D eigenvalue weighted by molar-refractivity contribution is 5.74. The standard InChI is InChI=1S/C11H15N3/c1-9(12-2)7-14-8-13-10-5-3-4-6-11(10)14/h3-6,8-9,12H,7H2,1-2H3. The van der Waals surface area contributed by atoms with E-state index in [1.807, 2.05) is 31.6 Å². The lowest BCUT2D eigenvalue weighted by Gasteiger charge is -2.11. The van der Waals surface area contributed by atoms with Crippen LogP contribution in [0.5, 0.6) is 0 Å². The summed E-state index contributed by atoms with van der Waals surface area (Å²) in [6.07, 6.45) is 1.90. The van der Waals surface area contributed by atoms with E-state index in [1.54, 1.807) is 0 Å². The van der Waals surface area contributed by atoms with Crippen molar-refractivity contribution in [2.24, 2.45) is 0 Å². The summed E-state index contributed by atoms with van der Waals surface area (Å²) in [7, 11) is 1.98. The van der Waals surface area contributed by atoms with Crippen LogP contribution in [0.2, 0.25) is 0 Å². The molecule has 1 heterocycles. The largest absolute Gasteiger partial charge is 0.329 e. The highest BCUT2D eigenvalue weighted by atomic mass is 15.1. The number of aromatic nitrogens is 2. The second kappa shape index (κ2) is 3.80. The lowest BCUT2D eigenvalue weighted by atomic mass is 10.3. The van der Waals surface area contributed by atoms with Crippen LogP contribution in [-0.2, 0) is 6.54 Å². The van der Waals surface area contributed by atoms with Crippen LogP contribution in [0.15, 0.2) is 30.6 Å². The molecule has 2 aromatic rings.